The van der Waals surface area contributed by atoms with Crippen molar-refractivity contribution in [1.29, 1.82) is 0 Å². The van der Waals surface area contributed by atoms with Gasteiger partial charge in [0, 0.05) is 6.54 Å². The zero-order valence-electron chi connectivity index (χ0n) is 21.2. The van der Waals surface area contributed by atoms with E-state index < -0.39 is 72.5 Å². The first kappa shape index (κ1) is 32.3. The minimum absolute atomic E-state index is 0.0747. The first-order valence-electron chi connectivity index (χ1n) is 11.9. The normalized spacial score (nSPS) is 13.6. The monoisotopic (exact) mass is 549 g/mol. The number of nitrogens with zero attached hydrogens (tertiary/aromatic N) is 1. The van der Waals surface area contributed by atoms with Crippen LogP contribution in [0.1, 0.15) is 31.2 Å². The van der Waals surface area contributed by atoms with Crippen LogP contribution in [0.25, 0.3) is 0 Å². The van der Waals surface area contributed by atoms with Crippen LogP contribution in [0.3, 0.4) is 0 Å². The van der Waals surface area contributed by atoms with Gasteiger partial charge in [-0.05, 0) is 24.8 Å². The Bertz CT molecular complexity index is 1060. The van der Waals surface area contributed by atoms with Gasteiger partial charge in [-0.25, -0.2) is 4.79 Å². The lowest BCUT2D eigenvalue weighted by atomic mass is 10.0. The molecule has 14 N–H and O–H groups in total. The van der Waals surface area contributed by atoms with Crippen LogP contribution in [0, 0.1) is 0 Å². The lowest BCUT2D eigenvalue weighted by Gasteiger charge is -2.24. The van der Waals surface area contributed by atoms with Crippen molar-refractivity contribution in [3.05, 3.63) is 35.9 Å². The molecule has 0 bridgehead atoms. The van der Waals surface area contributed by atoms with E-state index in [4.69, 9.17) is 28.7 Å². The van der Waals surface area contributed by atoms with Gasteiger partial charge in [-0.3, -0.25) is 29.0 Å². The summed E-state index contributed by atoms with van der Waals surface area (Å²) in [4.78, 5) is 76.7. The average Bonchev–Trinajstić information content (AvgIpc) is 2.84. The number of carboxylic acid groups (broad SMARTS) is 1. The van der Waals surface area contributed by atoms with Crippen molar-refractivity contribution in [1.82, 2.24) is 16.0 Å². The Kier molecular flexibility index (Phi) is 13.4. The maximum absolute atomic E-state index is 12.9. The number of guanidine groups is 1. The number of carbonyl (C=O) groups excluding carboxylic acids is 5. The van der Waals surface area contributed by atoms with Crippen LogP contribution in [0.15, 0.2) is 35.3 Å². The number of carboxylic acids is 1. The molecular weight excluding hydrogens is 514 g/mol. The molecule has 1 rings (SSSR count). The second kappa shape index (κ2) is 16.2. The first-order valence-corrected chi connectivity index (χ1v) is 11.9. The number of rotatable bonds is 17. The zero-order valence-corrected chi connectivity index (χ0v) is 21.2. The number of aliphatic carboxylic acids is 1. The van der Waals surface area contributed by atoms with Crippen LogP contribution in [0.2, 0.25) is 0 Å². The Morgan fingerprint density at radius 1 is 0.769 bits per heavy atom. The smallest absolute Gasteiger partial charge is 0.326 e. The van der Waals surface area contributed by atoms with Gasteiger partial charge in [0.15, 0.2) is 5.96 Å². The predicted octanol–water partition coefficient (Wildman–Crippen LogP) is -4.10. The summed E-state index contributed by atoms with van der Waals surface area (Å²) in [7, 11) is 0. The van der Waals surface area contributed by atoms with Crippen LogP contribution >= 0.6 is 0 Å². The summed E-state index contributed by atoms with van der Waals surface area (Å²) in [6, 6.07) is 3.13. The second-order valence-electron chi connectivity index (χ2n) is 8.61. The van der Waals surface area contributed by atoms with E-state index in [0.717, 1.165) is 5.56 Å². The molecule has 0 radical (unpaired) electrons. The summed E-state index contributed by atoms with van der Waals surface area (Å²) in [5.74, 6) is -6.37. The third kappa shape index (κ3) is 12.9. The number of aliphatic imine (C=N–C) groups is 1. The van der Waals surface area contributed by atoms with Gasteiger partial charge in [-0.1, -0.05) is 30.3 Å². The Hall–Kier alpha value is -4.73. The molecule has 39 heavy (non-hydrogen) atoms. The molecule has 0 saturated carbocycles. The molecule has 4 atom stereocenters. The summed E-state index contributed by atoms with van der Waals surface area (Å²) >= 11 is 0. The number of hydrogen-bond acceptors (Lipinski definition) is 8. The Morgan fingerprint density at radius 3 is 1.72 bits per heavy atom. The average molecular weight is 550 g/mol. The molecular formula is C23H35N9O7. The number of primary amides is 2. The molecule has 0 aliphatic heterocycles. The van der Waals surface area contributed by atoms with Crippen molar-refractivity contribution in [2.24, 2.45) is 33.7 Å². The SMILES string of the molecule is NC(=O)CC(NC(=O)C(N)Cc1ccccc1)C(=O)NC(CC(N)=O)C(=O)NC(CCCN=C(N)N)C(=O)O. The molecule has 5 amide bonds. The molecule has 1 aromatic carbocycles. The standard InChI is InChI=1S/C23H35N9O7/c24-13(9-12-5-2-1-3-6-12)19(35)31-15(10-17(25)33)21(37)32-16(11-18(26)34)20(36)30-14(22(38)39)7-4-8-29-23(27)28/h1-3,5-6,13-16H,4,7-11,24H2,(H2,25,33)(H2,26,34)(H,30,36)(H,31,35)(H,32,37)(H,38,39)(H4,27,28,29). The van der Waals surface area contributed by atoms with Gasteiger partial charge in [0.05, 0.1) is 18.9 Å². The van der Waals surface area contributed by atoms with Gasteiger partial charge < -0.3 is 49.7 Å². The number of benzene rings is 1. The predicted molar refractivity (Wildman–Crippen MR) is 139 cm³/mol. The molecule has 4 unspecified atom stereocenters. The summed E-state index contributed by atoms with van der Waals surface area (Å²) in [6.07, 6.45) is -1.11. The van der Waals surface area contributed by atoms with Gasteiger partial charge >= 0.3 is 5.97 Å². The van der Waals surface area contributed by atoms with Gasteiger partial charge in [0.2, 0.25) is 29.5 Å². The molecule has 1 aromatic rings. The van der Waals surface area contributed by atoms with Gasteiger partial charge in [-0.15, -0.1) is 0 Å². The minimum atomic E-state index is -1.63. The van der Waals surface area contributed by atoms with E-state index in [9.17, 15) is 33.9 Å². The number of hydrogen-bond donors (Lipinski definition) is 9. The molecule has 0 aliphatic rings. The second-order valence-corrected chi connectivity index (χ2v) is 8.61. The van der Waals surface area contributed by atoms with Crippen molar-refractivity contribution < 1.29 is 33.9 Å². The van der Waals surface area contributed by atoms with Gasteiger partial charge in [-0.2, -0.15) is 0 Å². The Morgan fingerprint density at radius 2 is 1.26 bits per heavy atom. The van der Waals surface area contributed by atoms with Crippen molar-refractivity contribution in [2.75, 3.05) is 6.54 Å². The van der Waals surface area contributed by atoms with Crippen LogP contribution in [-0.2, 0) is 35.2 Å². The van der Waals surface area contributed by atoms with E-state index in [1.165, 1.54) is 0 Å². The molecule has 16 nitrogen and oxygen atoms in total. The minimum Gasteiger partial charge on any atom is -0.480 e. The molecule has 214 valence electrons. The lowest BCUT2D eigenvalue weighted by molar-refractivity contribution is -0.142. The van der Waals surface area contributed by atoms with Crippen molar-refractivity contribution in [2.45, 2.75) is 56.3 Å². The number of carbonyl (C=O) groups is 6. The molecule has 16 heteroatoms. The Labute approximate surface area is 224 Å². The third-order valence-electron chi connectivity index (χ3n) is 5.27. The van der Waals surface area contributed by atoms with Gasteiger partial charge in [0.1, 0.15) is 18.1 Å². The summed E-state index contributed by atoms with van der Waals surface area (Å²) in [6.45, 7) is 0.102. The Balaban J connectivity index is 2.95. The highest BCUT2D eigenvalue weighted by Gasteiger charge is 2.32. The molecule has 0 heterocycles. The molecule has 0 saturated heterocycles. The van der Waals surface area contributed by atoms with E-state index >= 15 is 0 Å². The number of amides is 5. The van der Waals surface area contributed by atoms with E-state index in [0.29, 0.717) is 0 Å². The summed E-state index contributed by atoms with van der Waals surface area (Å²) in [5.41, 5.74) is 27.5. The lowest BCUT2D eigenvalue weighted by Crippen LogP contribution is -2.58. The highest BCUT2D eigenvalue weighted by molar-refractivity contribution is 5.97. The van der Waals surface area contributed by atoms with Crippen LogP contribution < -0.4 is 44.6 Å². The molecule has 0 aliphatic carbocycles. The van der Waals surface area contributed by atoms with E-state index in [2.05, 4.69) is 20.9 Å². The fraction of sp³-hybridized carbons (Fsp3) is 0.435. The van der Waals surface area contributed by atoms with E-state index in [1.807, 2.05) is 0 Å². The van der Waals surface area contributed by atoms with E-state index in [-0.39, 0.29) is 31.8 Å². The first-order chi connectivity index (χ1) is 18.3. The van der Waals surface area contributed by atoms with Crippen LogP contribution in [0.5, 0.6) is 0 Å². The topological polar surface area (TPSA) is 301 Å². The highest BCUT2D eigenvalue weighted by Crippen LogP contribution is 2.05. The van der Waals surface area contributed by atoms with Crippen LogP contribution in [-0.4, -0.2) is 77.3 Å². The molecule has 0 aromatic heterocycles. The highest BCUT2D eigenvalue weighted by atomic mass is 16.4. The quantitative estimate of drug-likeness (QED) is 0.0513. The number of nitrogens with two attached hydrogens (primary N) is 5. The summed E-state index contributed by atoms with van der Waals surface area (Å²) in [5, 5.41) is 16.2. The van der Waals surface area contributed by atoms with Crippen molar-refractivity contribution >= 4 is 41.5 Å². The number of nitrogens with one attached hydrogen (secondary N) is 3. The maximum atomic E-state index is 12.9. The largest absolute Gasteiger partial charge is 0.480 e. The zero-order chi connectivity index (χ0) is 29.5. The molecule has 0 spiro atoms. The van der Waals surface area contributed by atoms with E-state index in [1.54, 1.807) is 30.3 Å². The van der Waals surface area contributed by atoms with Crippen molar-refractivity contribution in [3.63, 3.8) is 0 Å². The summed E-state index contributed by atoms with van der Waals surface area (Å²) < 4.78 is 0. The fourth-order valence-corrected chi connectivity index (χ4v) is 3.37. The fourth-order valence-electron chi connectivity index (χ4n) is 3.37. The van der Waals surface area contributed by atoms with Crippen molar-refractivity contribution in [3.8, 4) is 0 Å². The van der Waals surface area contributed by atoms with Gasteiger partial charge in [0.25, 0.3) is 0 Å². The molecule has 0 fully saturated rings. The van der Waals surface area contributed by atoms with Crippen LogP contribution in [0.4, 0.5) is 0 Å². The third-order valence-corrected chi connectivity index (χ3v) is 5.27. The maximum Gasteiger partial charge on any atom is 0.326 e.